The van der Waals surface area contributed by atoms with Crippen LogP contribution in [0.3, 0.4) is 0 Å². The van der Waals surface area contributed by atoms with Crippen LogP contribution in [-0.2, 0) is 9.53 Å². The summed E-state index contributed by atoms with van der Waals surface area (Å²) in [7, 11) is 0. The minimum absolute atomic E-state index is 0.0997. The molecular weight excluding hydrogens is 476 g/mol. The molecule has 1 saturated carbocycles. The second-order valence-electron chi connectivity index (χ2n) is 7.27. The first kappa shape index (κ1) is 20.5. The van der Waals surface area contributed by atoms with Crippen LogP contribution in [0.4, 0.5) is 11.8 Å². The van der Waals surface area contributed by atoms with Gasteiger partial charge in [0.2, 0.25) is 5.95 Å². The van der Waals surface area contributed by atoms with Crippen LogP contribution in [0.2, 0.25) is 0 Å². The Hall–Kier alpha value is -1.28. The Bertz CT molecular complexity index is 843. The third-order valence-electron chi connectivity index (χ3n) is 5.01. The van der Waals surface area contributed by atoms with Crippen LogP contribution >= 0.6 is 28.4 Å². The Morgan fingerprint density at radius 2 is 2.22 bits per heavy atom. The number of hydrogen-bond donors (Lipinski definition) is 1. The van der Waals surface area contributed by atoms with Crippen molar-refractivity contribution in [1.82, 2.24) is 19.5 Å². The van der Waals surface area contributed by atoms with E-state index in [2.05, 4.69) is 37.4 Å². The number of rotatable bonds is 6. The Labute approximate surface area is 174 Å². The van der Waals surface area contributed by atoms with Crippen molar-refractivity contribution in [2.45, 2.75) is 52.9 Å². The first-order chi connectivity index (χ1) is 12.8. The van der Waals surface area contributed by atoms with Gasteiger partial charge in [0.1, 0.15) is 0 Å². The van der Waals surface area contributed by atoms with Crippen molar-refractivity contribution in [1.29, 1.82) is 0 Å². The van der Waals surface area contributed by atoms with Gasteiger partial charge < -0.3 is 10.1 Å². The Balaban J connectivity index is 1.78. The van der Waals surface area contributed by atoms with Gasteiger partial charge in [-0.25, -0.2) is 14.4 Å². The van der Waals surface area contributed by atoms with Crippen LogP contribution in [0, 0.1) is 19.3 Å². The van der Waals surface area contributed by atoms with Gasteiger partial charge in [-0.1, -0.05) is 0 Å². The summed E-state index contributed by atoms with van der Waals surface area (Å²) in [6.45, 7) is 8.26. The molecule has 0 bridgehead atoms. The highest BCUT2D eigenvalue weighted by Crippen LogP contribution is 2.47. The third kappa shape index (κ3) is 4.59. The summed E-state index contributed by atoms with van der Waals surface area (Å²) in [6.07, 6.45) is 3.05. The summed E-state index contributed by atoms with van der Waals surface area (Å²) >= 11 is 2.31. The lowest BCUT2D eigenvalue weighted by Crippen LogP contribution is -2.27. The smallest absolute Gasteiger partial charge is 0.311 e. The van der Waals surface area contributed by atoms with Crippen molar-refractivity contribution in [3.05, 3.63) is 29.2 Å². The van der Waals surface area contributed by atoms with Crippen molar-refractivity contribution in [3.63, 3.8) is 0 Å². The highest BCUT2D eigenvalue weighted by molar-refractivity contribution is 14.2. The second kappa shape index (κ2) is 8.39. The maximum Gasteiger partial charge on any atom is 0.311 e. The quantitative estimate of drug-likeness (QED) is 0.352. The van der Waals surface area contributed by atoms with Crippen molar-refractivity contribution in [2.24, 2.45) is 5.41 Å². The first-order valence-corrected chi connectivity index (χ1v) is 13.1. The fourth-order valence-electron chi connectivity index (χ4n) is 3.58. The zero-order chi connectivity index (χ0) is 19.6. The largest absolute Gasteiger partial charge is 0.466 e. The molecule has 0 saturated heterocycles. The van der Waals surface area contributed by atoms with Gasteiger partial charge in [-0.2, -0.15) is 5.10 Å². The zero-order valence-electron chi connectivity index (χ0n) is 16.0. The van der Waals surface area contributed by atoms with Crippen LogP contribution in [-0.4, -0.2) is 32.1 Å². The number of aryl methyl sites for hydroxylation is 2. The number of esters is 1. The maximum atomic E-state index is 12.3. The average Bonchev–Trinajstić information content (AvgIpc) is 3.18. The first-order valence-electron chi connectivity index (χ1n) is 9.08. The van der Waals surface area contributed by atoms with E-state index < -0.39 is 5.41 Å². The van der Waals surface area contributed by atoms with Gasteiger partial charge in [0.05, 0.1) is 18.4 Å². The topological polar surface area (TPSA) is 81.9 Å². The van der Waals surface area contributed by atoms with Crippen molar-refractivity contribution >= 4 is 46.2 Å². The molecule has 1 N–H and O–H groups in total. The molecule has 27 heavy (non-hydrogen) atoms. The number of hydrogen-bond acceptors (Lipinski definition) is 6. The molecule has 0 spiro atoms. The molecule has 9 heteroatoms. The minimum Gasteiger partial charge on any atom is -0.466 e. The monoisotopic (exact) mass is 501 g/mol. The van der Waals surface area contributed by atoms with Gasteiger partial charge in [0.25, 0.3) is 0 Å². The Morgan fingerprint density at radius 3 is 2.89 bits per heavy atom. The van der Waals surface area contributed by atoms with E-state index in [0.29, 0.717) is 18.9 Å². The summed E-state index contributed by atoms with van der Waals surface area (Å²) in [6, 6.07) is 4.01. The number of nitrogens with one attached hydrogen (secondary N) is 1. The molecule has 2 heterocycles. The Morgan fingerprint density at radius 1 is 1.44 bits per heavy atom. The zero-order valence-corrected chi connectivity index (χ0v) is 19.2. The van der Waals surface area contributed by atoms with Gasteiger partial charge in [-0.15, -0.1) is 0 Å². The number of nitrogens with zero attached hydrogens (tertiary/aromatic N) is 4. The fraction of sp³-hybridized carbons (Fsp3) is 0.556. The van der Waals surface area contributed by atoms with Gasteiger partial charge in [0, 0.05) is 29.1 Å². The molecular formula is C18H25IN5O2P. The van der Waals surface area contributed by atoms with Crippen LogP contribution in [0.5, 0.6) is 0 Å². The molecule has 2 aromatic heterocycles. The van der Waals surface area contributed by atoms with Crippen molar-refractivity contribution in [3.8, 4) is 0 Å². The molecule has 1 aliphatic rings. The summed E-state index contributed by atoms with van der Waals surface area (Å²) in [4.78, 5) is 21.5. The molecule has 0 amide bonds. The minimum atomic E-state index is -0.426. The predicted molar refractivity (Wildman–Crippen MR) is 116 cm³/mol. The van der Waals surface area contributed by atoms with E-state index in [1.807, 2.05) is 44.3 Å². The second-order valence-corrected chi connectivity index (χ2v) is 9.31. The van der Waals surface area contributed by atoms with Crippen LogP contribution in [0.25, 0.3) is 0 Å². The predicted octanol–water partition coefficient (Wildman–Crippen LogP) is 4.66. The lowest BCUT2D eigenvalue weighted by atomic mass is 9.87. The molecule has 1 fully saturated rings. The lowest BCUT2D eigenvalue weighted by Gasteiger charge is -2.21. The van der Waals surface area contributed by atoms with E-state index in [-0.39, 0.29) is 11.9 Å². The molecule has 1 unspecified atom stereocenters. The number of anilines is 2. The third-order valence-corrected chi connectivity index (χ3v) is 6.99. The number of halogens is 1. The van der Waals surface area contributed by atoms with Gasteiger partial charge in [-0.3, -0.25) is 4.79 Å². The molecule has 3 rings (SSSR count). The van der Waals surface area contributed by atoms with Crippen LogP contribution in [0.15, 0.2) is 12.1 Å². The van der Waals surface area contributed by atoms with E-state index in [1.54, 1.807) is 0 Å². The lowest BCUT2D eigenvalue weighted by molar-refractivity contribution is -0.154. The van der Waals surface area contributed by atoms with E-state index in [1.165, 1.54) is 0 Å². The van der Waals surface area contributed by atoms with Gasteiger partial charge >= 0.3 is 5.97 Å². The van der Waals surface area contributed by atoms with Crippen molar-refractivity contribution < 1.29 is 9.53 Å². The maximum absolute atomic E-state index is 12.3. The molecule has 1 aliphatic carbocycles. The number of carbonyl (C=O) groups is 1. The highest BCUT2D eigenvalue weighted by Gasteiger charge is 2.43. The number of aromatic nitrogens is 4. The van der Waals surface area contributed by atoms with Crippen LogP contribution in [0.1, 0.15) is 56.1 Å². The summed E-state index contributed by atoms with van der Waals surface area (Å²) in [5.41, 5.74) is 2.55. The fourth-order valence-corrected chi connectivity index (χ4v) is 5.39. The summed E-state index contributed by atoms with van der Waals surface area (Å²) in [5.74, 6) is 1.43. The van der Waals surface area contributed by atoms with E-state index in [0.717, 1.165) is 42.2 Å². The summed E-state index contributed by atoms with van der Waals surface area (Å²) < 4.78 is 7.21. The highest BCUT2D eigenvalue weighted by atomic mass is 127. The van der Waals surface area contributed by atoms with Crippen molar-refractivity contribution in [2.75, 3.05) is 11.9 Å². The van der Waals surface area contributed by atoms with Crippen LogP contribution < -0.4 is 5.32 Å². The number of ether oxygens (including phenoxy) is 1. The Kier molecular flexibility index (Phi) is 6.35. The average molecular weight is 501 g/mol. The number of carbonyl (C=O) groups excluding carboxylic acids is 1. The van der Waals surface area contributed by atoms with E-state index in [4.69, 9.17) is 9.72 Å². The molecule has 2 aromatic rings. The molecule has 146 valence electrons. The molecule has 3 atom stereocenters. The summed E-state index contributed by atoms with van der Waals surface area (Å²) in [5, 5.41) is 7.74. The van der Waals surface area contributed by atoms with E-state index in [9.17, 15) is 4.79 Å². The van der Waals surface area contributed by atoms with E-state index >= 15 is 0 Å². The standard InChI is InChI=1S/C18H25IN5O2P/c1-5-26-16(25)18(4)7-6-13(10-18)14-8-11(2)20-17(21-14)22-15-9-12(3)24(23-15)27-19/h8-9,13,27H,5-7,10H2,1-4H3,(H,20,21,22,23)/t13-,18-/m1/s1. The molecule has 0 radical (unpaired) electrons. The van der Waals surface area contributed by atoms with Gasteiger partial charge in [-0.05, 0) is 75.1 Å². The molecule has 0 aliphatic heterocycles. The molecule has 0 aromatic carbocycles. The normalized spacial score (nSPS) is 22.5. The SMILES string of the molecule is CCOC(=O)[C@]1(C)CC[C@@H](c2cc(C)nc(Nc3cc(C)n(PI)n3)n2)C1. The molecule has 7 nitrogen and oxygen atoms in total. The van der Waals surface area contributed by atoms with Gasteiger partial charge in [0.15, 0.2) is 5.82 Å².